The van der Waals surface area contributed by atoms with Gasteiger partial charge in [0.05, 0.1) is 5.56 Å². The second-order valence-corrected chi connectivity index (χ2v) is 4.91. The maximum Gasteiger partial charge on any atom is 0.416 e. The fourth-order valence-corrected chi connectivity index (χ4v) is 1.91. The Morgan fingerprint density at radius 2 is 1.65 bits per heavy atom. The zero-order chi connectivity index (χ0) is 16.9. The van der Waals surface area contributed by atoms with Gasteiger partial charge in [-0.1, -0.05) is 19.1 Å². The van der Waals surface area contributed by atoms with Crippen molar-refractivity contribution < 1.29 is 22.7 Å². The molecule has 2 rings (SSSR count). The number of aryl methyl sites for hydroxylation is 1. The number of alkyl halides is 3. The van der Waals surface area contributed by atoms with Gasteiger partial charge in [0, 0.05) is 5.69 Å². The number of anilines is 1. The Morgan fingerprint density at radius 3 is 2.17 bits per heavy atom. The van der Waals surface area contributed by atoms with Gasteiger partial charge < -0.3 is 10.1 Å². The molecule has 0 saturated carbocycles. The second kappa shape index (κ2) is 7.17. The van der Waals surface area contributed by atoms with E-state index in [1.165, 1.54) is 12.1 Å². The normalized spacial score (nSPS) is 11.1. The summed E-state index contributed by atoms with van der Waals surface area (Å²) in [6, 6.07) is 11.6. The minimum absolute atomic E-state index is 0.203. The molecule has 0 bridgehead atoms. The van der Waals surface area contributed by atoms with Gasteiger partial charge in [-0.25, -0.2) is 0 Å². The highest BCUT2D eigenvalue weighted by molar-refractivity contribution is 5.91. The monoisotopic (exact) mass is 323 g/mol. The average molecular weight is 323 g/mol. The molecule has 23 heavy (non-hydrogen) atoms. The van der Waals surface area contributed by atoms with E-state index < -0.39 is 11.7 Å². The lowest BCUT2D eigenvalue weighted by Gasteiger charge is -2.10. The lowest BCUT2D eigenvalue weighted by molar-refractivity contribution is -0.137. The first kappa shape index (κ1) is 16.9. The summed E-state index contributed by atoms with van der Waals surface area (Å²) in [4.78, 5) is 11.8. The highest BCUT2D eigenvalue weighted by atomic mass is 19.4. The summed E-state index contributed by atoms with van der Waals surface area (Å²) in [5, 5.41) is 2.66. The van der Waals surface area contributed by atoms with Gasteiger partial charge in [0.15, 0.2) is 6.61 Å². The summed E-state index contributed by atoms with van der Waals surface area (Å²) in [6.07, 6.45) is -3.48. The van der Waals surface area contributed by atoms with Gasteiger partial charge in [0.25, 0.3) is 5.91 Å². The SMILES string of the molecule is CCc1ccc(NC(=O)COc2ccc(C(F)(F)F)cc2)cc1. The zero-order valence-electron chi connectivity index (χ0n) is 12.5. The minimum atomic E-state index is -4.39. The van der Waals surface area contributed by atoms with Crippen molar-refractivity contribution in [2.45, 2.75) is 19.5 Å². The first-order valence-electron chi connectivity index (χ1n) is 7.07. The van der Waals surface area contributed by atoms with E-state index in [4.69, 9.17) is 4.74 Å². The van der Waals surface area contributed by atoms with Crippen LogP contribution in [0.1, 0.15) is 18.1 Å². The topological polar surface area (TPSA) is 38.3 Å². The molecule has 0 aliphatic heterocycles. The van der Waals surface area contributed by atoms with E-state index in [2.05, 4.69) is 5.32 Å². The molecule has 1 amide bonds. The summed E-state index contributed by atoms with van der Waals surface area (Å²) in [6.45, 7) is 1.76. The fraction of sp³-hybridized carbons (Fsp3) is 0.235. The summed E-state index contributed by atoms with van der Waals surface area (Å²) >= 11 is 0. The second-order valence-electron chi connectivity index (χ2n) is 4.91. The third kappa shape index (κ3) is 5.02. The number of benzene rings is 2. The molecular formula is C17H16F3NO2. The minimum Gasteiger partial charge on any atom is -0.484 e. The maximum absolute atomic E-state index is 12.4. The van der Waals surface area contributed by atoms with Crippen molar-refractivity contribution in [3.63, 3.8) is 0 Å². The maximum atomic E-state index is 12.4. The van der Waals surface area contributed by atoms with Gasteiger partial charge in [-0.05, 0) is 48.4 Å². The third-order valence-electron chi connectivity index (χ3n) is 3.20. The Bertz CT molecular complexity index is 649. The lowest BCUT2D eigenvalue weighted by Crippen LogP contribution is -2.20. The van der Waals surface area contributed by atoms with E-state index >= 15 is 0 Å². The summed E-state index contributed by atoms with van der Waals surface area (Å²) in [7, 11) is 0. The molecule has 3 nitrogen and oxygen atoms in total. The smallest absolute Gasteiger partial charge is 0.416 e. The van der Waals surface area contributed by atoms with Crippen molar-refractivity contribution in [3.8, 4) is 5.75 Å². The van der Waals surface area contributed by atoms with E-state index in [9.17, 15) is 18.0 Å². The van der Waals surface area contributed by atoms with Crippen LogP contribution in [-0.2, 0) is 17.4 Å². The van der Waals surface area contributed by atoms with E-state index in [1.54, 1.807) is 12.1 Å². The van der Waals surface area contributed by atoms with Crippen LogP contribution in [0.4, 0.5) is 18.9 Å². The van der Waals surface area contributed by atoms with Crippen LogP contribution in [-0.4, -0.2) is 12.5 Å². The third-order valence-corrected chi connectivity index (χ3v) is 3.20. The van der Waals surface area contributed by atoms with Gasteiger partial charge in [0.1, 0.15) is 5.75 Å². The molecule has 0 aliphatic rings. The van der Waals surface area contributed by atoms with Crippen LogP contribution >= 0.6 is 0 Å². The lowest BCUT2D eigenvalue weighted by atomic mass is 10.1. The number of nitrogens with one attached hydrogen (secondary N) is 1. The van der Waals surface area contributed by atoms with E-state index in [0.29, 0.717) is 5.69 Å². The van der Waals surface area contributed by atoms with Crippen molar-refractivity contribution in [1.82, 2.24) is 0 Å². The molecule has 2 aromatic rings. The molecule has 2 aromatic carbocycles. The molecule has 0 radical (unpaired) electrons. The first-order valence-corrected chi connectivity index (χ1v) is 7.07. The van der Waals surface area contributed by atoms with Gasteiger partial charge in [-0.2, -0.15) is 13.2 Å². The number of carbonyl (C=O) groups is 1. The van der Waals surface area contributed by atoms with Crippen LogP contribution in [0.2, 0.25) is 0 Å². The number of hydrogen-bond acceptors (Lipinski definition) is 2. The molecule has 0 saturated heterocycles. The van der Waals surface area contributed by atoms with Crippen LogP contribution in [0.3, 0.4) is 0 Å². The average Bonchev–Trinajstić information content (AvgIpc) is 2.53. The van der Waals surface area contributed by atoms with Crippen LogP contribution in [0, 0.1) is 0 Å². The molecule has 0 fully saturated rings. The molecule has 0 aliphatic carbocycles. The molecule has 1 N–H and O–H groups in total. The van der Waals surface area contributed by atoms with Crippen LogP contribution in [0.15, 0.2) is 48.5 Å². The Hall–Kier alpha value is -2.50. The Labute approximate surface area is 132 Å². The molecule has 0 spiro atoms. The summed E-state index contributed by atoms with van der Waals surface area (Å²) in [5.41, 5.74) is 1.04. The highest BCUT2D eigenvalue weighted by Crippen LogP contribution is 2.30. The number of halogens is 3. The number of carbonyl (C=O) groups excluding carboxylic acids is 1. The zero-order valence-corrected chi connectivity index (χ0v) is 12.5. The molecule has 122 valence electrons. The summed E-state index contributed by atoms with van der Waals surface area (Å²) < 4.78 is 42.4. The van der Waals surface area contributed by atoms with Crippen LogP contribution < -0.4 is 10.1 Å². The fourth-order valence-electron chi connectivity index (χ4n) is 1.91. The molecular weight excluding hydrogens is 307 g/mol. The van der Waals surface area contributed by atoms with Crippen molar-refractivity contribution in [1.29, 1.82) is 0 Å². The molecule has 0 unspecified atom stereocenters. The van der Waals surface area contributed by atoms with Gasteiger partial charge in [-0.15, -0.1) is 0 Å². The summed E-state index contributed by atoms with van der Waals surface area (Å²) in [5.74, 6) is -0.177. The number of amides is 1. The molecule has 0 heterocycles. The standard InChI is InChI=1S/C17H16F3NO2/c1-2-12-3-7-14(8-4-12)21-16(22)11-23-15-9-5-13(6-10-15)17(18,19)20/h3-10H,2,11H2,1H3,(H,21,22). The predicted molar refractivity (Wildman–Crippen MR) is 81.4 cm³/mol. The van der Waals surface area contributed by atoms with Gasteiger partial charge in [0.2, 0.25) is 0 Å². The Kier molecular flexibility index (Phi) is 5.26. The first-order chi connectivity index (χ1) is 10.9. The number of rotatable bonds is 5. The Morgan fingerprint density at radius 1 is 1.04 bits per heavy atom. The van der Waals surface area contributed by atoms with Crippen molar-refractivity contribution in [2.24, 2.45) is 0 Å². The number of ether oxygens (including phenoxy) is 1. The van der Waals surface area contributed by atoms with Crippen LogP contribution in [0.5, 0.6) is 5.75 Å². The van der Waals surface area contributed by atoms with Gasteiger partial charge >= 0.3 is 6.18 Å². The molecule has 0 aromatic heterocycles. The van der Waals surface area contributed by atoms with E-state index in [-0.39, 0.29) is 18.3 Å². The van der Waals surface area contributed by atoms with Crippen LogP contribution in [0.25, 0.3) is 0 Å². The largest absolute Gasteiger partial charge is 0.484 e. The molecule has 0 atom stereocenters. The Balaban J connectivity index is 1.86. The van der Waals surface area contributed by atoms with E-state index in [1.807, 2.05) is 19.1 Å². The number of hydrogen-bond donors (Lipinski definition) is 1. The quantitative estimate of drug-likeness (QED) is 0.891. The van der Waals surface area contributed by atoms with Crippen molar-refractivity contribution >= 4 is 11.6 Å². The van der Waals surface area contributed by atoms with Gasteiger partial charge in [-0.3, -0.25) is 4.79 Å². The predicted octanol–water partition coefficient (Wildman–Crippen LogP) is 4.29. The van der Waals surface area contributed by atoms with E-state index in [0.717, 1.165) is 24.1 Å². The van der Waals surface area contributed by atoms with Crippen molar-refractivity contribution in [3.05, 3.63) is 59.7 Å². The van der Waals surface area contributed by atoms with Crippen molar-refractivity contribution in [2.75, 3.05) is 11.9 Å². The molecule has 6 heteroatoms. The highest BCUT2D eigenvalue weighted by Gasteiger charge is 2.30.